The number of carbonyl (C=O) groups excluding carboxylic acids is 1. The molecule has 0 saturated heterocycles. The second-order valence-electron chi connectivity index (χ2n) is 4.37. The summed E-state index contributed by atoms with van der Waals surface area (Å²) in [5.41, 5.74) is 2.49. The number of halogens is 1. The van der Waals surface area contributed by atoms with E-state index in [4.69, 9.17) is 21.4 Å². The van der Waals surface area contributed by atoms with Crippen LogP contribution in [0.3, 0.4) is 0 Å². The van der Waals surface area contributed by atoms with Crippen LogP contribution in [-0.4, -0.2) is 32.7 Å². The maximum absolute atomic E-state index is 11.7. The van der Waals surface area contributed by atoms with Crippen LogP contribution < -0.4 is 0 Å². The Morgan fingerprint density at radius 1 is 1.33 bits per heavy atom. The minimum atomic E-state index is -0.518. The zero-order valence-corrected chi connectivity index (χ0v) is 12.4. The van der Waals surface area contributed by atoms with E-state index in [0.717, 1.165) is 11.1 Å². The molecule has 0 aliphatic heterocycles. The molecule has 0 aliphatic rings. The molecule has 112 valence electrons. The minimum Gasteiger partial charge on any atom is -0.461 e. The first kappa shape index (κ1) is 15.5. The molecule has 0 saturated carbocycles. The number of aromatic nitrogens is 3. The van der Waals surface area contributed by atoms with Crippen LogP contribution in [-0.2, 0) is 23.8 Å². The van der Waals surface area contributed by atoms with Gasteiger partial charge in [-0.25, -0.2) is 9.48 Å². The lowest BCUT2D eigenvalue weighted by atomic mass is 10.1. The Balaban J connectivity index is 2.21. The van der Waals surface area contributed by atoms with Gasteiger partial charge in [0.15, 0.2) is 5.69 Å². The molecule has 2 rings (SSSR count). The summed E-state index contributed by atoms with van der Waals surface area (Å²) in [4.78, 5) is 11.7. The fourth-order valence-corrected chi connectivity index (χ4v) is 2.14. The van der Waals surface area contributed by atoms with E-state index in [0.29, 0.717) is 12.2 Å². The number of nitrogens with zero attached hydrogens (tertiary/aromatic N) is 3. The van der Waals surface area contributed by atoms with Gasteiger partial charge in [-0.1, -0.05) is 29.5 Å². The van der Waals surface area contributed by atoms with Gasteiger partial charge in [0.2, 0.25) is 0 Å². The zero-order valence-electron chi connectivity index (χ0n) is 11.6. The molecule has 1 aromatic carbocycles. The number of aliphatic hydroxyl groups excluding tert-OH is 1. The Morgan fingerprint density at radius 2 is 2.00 bits per heavy atom. The smallest absolute Gasteiger partial charge is 0.360 e. The Hall–Kier alpha value is -1.92. The largest absolute Gasteiger partial charge is 0.461 e. The fraction of sp³-hybridized carbons (Fsp3) is 0.357. The Morgan fingerprint density at radius 3 is 2.57 bits per heavy atom. The predicted octanol–water partition coefficient (Wildman–Crippen LogP) is 1.73. The molecule has 0 radical (unpaired) electrons. The van der Waals surface area contributed by atoms with E-state index in [1.165, 1.54) is 0 Å². The number of alkyl halides is 1. The van der Waals surface area contributed by atoms with Crippen molar-refractivity contribution < 1.29 is 14.6 Å². The number of hydrogen-bond acceptors (Lipinski definition) is 5. The summed E-state index contributed by atoms with van der Waals surface area (Å²) in [6.07, 6.45) is 0. The quantitative estimate of drug-likeness (QED) is 0.649. The number of benzene rings is 1. The summed E-state index contributed by atoms with van der Waals surface area (Å²) in [5.74, 6) is -0.398. The van der Waals surface area contributed by atoms with Crippen LogP contribution in [0.15, 0.2) is 24.3 Å². The van der Waals surface area contributed by atoms with Gasteiger partial charge >= 0.3 is 5.97 Å². The van der Waals surface area contributed by atoms with Crippen molar-refractivity contribution in [3.63, 3.8) is 0 Å². The average molecular weight is 310 g/mol. The average Bonchev–Trinajstić information content (AvgIpc) is 2.91. The summed E-state index contributed by atoms with van der Waals surface area (Å²) in [6.45, 7) is 2.45. The molecule has 6 nitrogen and oxygen atoms in total. The van der Waals surface area contributed by atoms with Gasteiger partial charge in [0.1, 0.15) is 0 Å². The van der Waals surface area contributed by atoms with Crippen molar-refractivity contribution in [1.82, 2.24) is 15.0 Å². The van der Waals surface area contributed by atoms with Crippen LogP contribution in [0.1, 0.15) is 34.2 Å². The van der Waals surface area contributed by atoms with E-state index in [1.807, 2.05) is 24.3 Å². The summed E-state index contributed by atoms with van der Waals surface area (Å²) >= 11 is 5.90. The summed E-state index contributed by atoms with van der Waals surface area (Å²) < 4.78 is 6.50. The van der Waals surface area contributed by atoms with Crippen molar-refractivity contribution in [3.05, 3.63) is 46.8 Å². The minimum absolute atomic E-state index is 0.00351. The van der Waals surface area contributed by atoms with Gasteiger partial charge in [-0.05, 0) is 18.1 Å². The number of ether oxygens (including phenoxy) is 1. The van der Waals surface area contributed by atoms with Crippen molar-refractivity contribution in [1.29, 1.82) is 0 Å². The number of carbonyl (C=O) groups is 1. The molecule has 1 aromatic heterocycles. The summed E-state index contributed by atoms with van der Waals surface area (Å²) in [7, 11) is 0. The molecule has 0 spiro atoms. The monoisotopic (exact) mass is 309 g/mol. The van der Waals surface area contributed by atoms with Crippen LogP contribution in [0.25, 0.3) is 0 Å². The second kappa shape index (κ2) is 7.19. The van der Waals surface area contributed by atoms with E-state index in [2.05, 4.69) is 10.3 Å². The molecule has 0 amide bonds. The Bertz CT molecular complexity index is 610. The lowest BCUT2D eigenvalue weighted by Crippen LogP contribution is -2.10. The summed E-state index contributed by atoms with van der Waals surface area (Å²) in [6, 6.07) is 7.43. The fourth-order valence-electron chi connectivity index (χ4n) is 1.87. The van der Waals surface area contributed by atoms with Crippen molar-refractivity contribution in [3.8, 4) is 0 Å². The first-order chi connectivity index (χ1) is 10.2. The molecule has 0 unspecified atom stereocenters. The van der Waals surface area contributed by atoms with E-state index >= 15 is 0 Å². The highest BCUT2D eigenvalue weighted by atomic mass is 35.5. The Labute approximate surface area is 127 Å². The second-order valence-corrected chi connectivity index (χ2v) is 4.64. The third-order valence-corrected chi connectivity index (χ3v) is 3.22. The van der Waals surface area contributed by atoms with E-state index in [-0.39, 0.29) is 24.8 Å². The van der Waals surface area contributed by atoms with Crippen LogP contribution in [0.4, 0.5) is 0 Å². The molecule has 0 atom stereocenters. The van der Waals surface area contributed by atoms with Gasteiger partial charge in [0, 0.05) is 0 Å². The number of rotatable bonds is 6. The van der Waals surface area contributed by atoms with Gasteiger partial charge in [-0.15, -0.1) is 16.7 Å². The molecule has 2 aromatic rings. The molecule has 1 N–H and O–H groups in total. The van der Waals surface area contributed by atoms with E-state index < -0.39 is 5.97 Å². The standard InChI is InChI=1S/C14H16ClN3O3/c1-2-21-14(20)13-12(7-15)18(17-16-13)8-10-3-5-11(9-19)6-4-10/h3-6,19H,2,7-9H2,1H3. The van der Waals surface area contributed by atoms with Crippen molar-refractivity contribution in [2.75, 3.05) is 6.61 Å². The molecule has 21 heavy (non-hydrogen) atoms. The van der Waals surface area contributed by atoms with Crippen LogP contribution in [0.5, 0.6) is 0 Å². The van der Waals surface area contributed by atoms with Crippen molar-refractivity contribution in [2.45, 2.75) is 26.0 Å². The molecule has 7 heteroatoms. The molecule has 0 bridgehead atoms. The lowest BCUT2D eigenvalue weighted by Gasteiger charge is -2.06. The van der Waals surface area contributed by atoms with Crippen molar-refractivity contribution in [2.24, 2.45) is 0 Å². The first-order valence-electron chi connectivity index (χ1n) is 6.53. The summed E-state index contributed by atoms with van der Waals surface area (Å²) in [5, 5.41) is 16.8. The van der Waals surface area contributed by atoms with Crippen molar-refractivity contribution >= 4 is 17.6 Å². The first-order valence-corrected chi connectivity index (χ1v) is 7.07. The zero-order chi connectivity index (χ0) is 15.2. The maximum Gasteiger partial charge on any atom is 0.360 e. The van der Waals surface area contributed by atoms with Gasteiger partial charge in [-0.3, -0.25) is 0 Å². The molecule has 1 heterocycles. The van der Waals surface area contributed by atoms with E-state index in [9.17, 15) is 4.79 Å². The molecule has 0 aliphatic carbocycles. The molecular weight excluding hydrogens is 294 g/mol. The molecular formula is C14H16ClN3O3. The highest BCUT2D eigenvalue weighted by molar-refractivity contribution is 6.17. The number of aliphatic hydroxyl groups is 1. The van der Waals surface area contributed by atoms with Gasteiger partial charge in [0.25, 0.3) is 0 Å². The maximum atomic E-state index is 11.7. The highest BCUT2D eigenvalue weighted by Crippen LogP contribution is 2.13. The third-order valence-electron chi connectivity index (χ3n) is 2.97. The lowest BCUT2D eigenvalue weighted by molar-refractivity contribution is 0.0518. The van der Waals surface area contributed by atoms with Gasteiger partial charge in [0.05, 0.1) is 31.3 Å². The van der Waals surface area contributed by atoms with Crippen LogP contribution in [0.2, 0.25) is 0 Å². The van der Waals surface area contributed by atoms with Crippen LogP contribution in [0, 0.1) is 0 Å². The highest BCUT2D eigenvalue weighted by Gasteiger charge is 2.20. The van der Waals surface area contributed by atoms with Crippen LogP contribution >= 0.6 is 11.6 Å². The normalized spacial score (nSPS) is 10.6. The SMILES string of the molecule is CCOC(=O)c1nnn(Cc2ccc(CO)cc2)c1CCl. The Kier molecular flexibility index (Phi) is 5.30. The van der Waals surface area contributed by atoms with Gasteiger partial charge < -0.3 is 9.84 Å². The van der Waals surface area contributed by atoms with E-state index in [1.54, 1.807) is 11.6 Å². The number of esters is 1. The molecule has 0 fully saturated rings. The van der Waals surface area contributed by atoms with Gasteiger partial charge in [-0.2, -0.15) is 0 Å². The third kappa shape index (κ3) is 3.59. The number of hydrogen-bond donors (Lipinski definition) is 1. The predicted molar refractivity (Wildman–Crippen MR) is 77.0 cm³/mol. The topological polar surface area (TPSA) is 77.2 Å².